The van der Waals surface area contributed by atoms with Gasteiger partial charge in [-0.2, -0.15) is 23.3 Å². The van der Waals surface area contributed by atoms with Crippen LogP contribution in [0.25, 0.3) is 0 Å². The average Bonchev–Trinajstić information content (AvgIpc) is 3.01. The molecule has 3 rings (SSSR count). The first kappa shape index (κ1) is 20.3. The Morgan fingerprint density at radius 1 is 1.29 bits per heavy atom. The molecule has 148 valence electrons. The lowest BCUT2D eigenvalue weighted by atomic mass is 10.0. The van der Waals surface area contributed by atoms with Gasteiger partial charge in [-0.1, -0.05) is 40.2 Å². The lowest BCUT2D eigenvalue weighted by molar-refractivity contribution is -0.302. The van der Waals surface area contributed by atoms with E-state index in [4.69, 9.17) is 4.74 Å². The Morgan fingerprint density at radius 2 is 1.96 bits per heavy atom. The van der Waals surface area contributed by atoms with Crippen molar-refractivity contribution in [3.63, 3.8) is 0 Å². The van der Waals surface area contributed by atoms with Crippen molar-refractivity contribution in [2.75, 3.05) is 7.11 Å². The van der Waals surface area contributed by atoms with Gasteiger partial charge >= 0.3 is 6.18 Å². The van der Waals surface area contributed by atoms with Gasteiger partial charge in [0.1, 0.15) is 5.75 Å². The summed E-state index contributed by atoms with van der Waals surface area (Å²) in [5, 5.41) is 14.3. The molecule has 1 amide bonds. The topological polar surface area (TPSA) is 62.1 Å². The second-order valence-corrected chi connectivity index (χ2v) is 7.19. The van der Waals surface area contributed by atoms with E-state index in [-0.39, 0.29) is 17.1 Å². The van der Waals surface area contributed by atoms with Crippen LogP contribution in [0.2, 0.25) is 0 Å². The van der Waals surface area contributed by atoms with Gasteiger partial charge in [-0.05, 0) is 35.4 Å². The molecule has 9 heteroatoms. The van der Waals surface area contributed by atoms with Gasteiger partial charge in [0.05, 0.1) is 25.7 Å². The predicted molar refractivity (Wildman–Crippen MR) is 99.8 cm³/mol. The summed E-state index contributed by atoms with van der Waals surface area (Å²) < 4.78 is 46.5. The molecule has 0 spiro atoms. The molecule has 0 aliphatic carbocycles. The molecule has 5 nitrogen and oxygen atoms in total. The number of hydrazone groups is 1. The second kappa shape index (κ2) is 7.56. The van der Waals surface area contributed by atoms with Crippen molar-refractivity contribution in [1.82, 2.24) is 5.01 Å². The number of carbonyl (C=O) groups excluding carboxylic acids is 1. The number of alkyl halides is 3. The fourth-order valence-electron chi connectivity index (χ4n) is 2.85. The van der Waals surface area contributed by atoms with Crippen LogP contribution in [0.4, 0.5) is 13.2 Å². The number of benzene rings is 2. The molecule has 1 atom stereocenters. The molecule has 0 fully saturated rings. The summed E-state index contributed by atoms with van der Waals surface area (Å²) in [5.74, 6) is -0.408. The van der Waals surface area contributed by atoms with Crippen LogP contribution in [-0.2, 0) is 11.2 Å². The average molecular weight is 457 g/mol. The molecule has 0 saturated heterocycles. The van der Waals surface area contributed by atoms with Crippen LogP contribution in [0.5, 0.6) is 5.75 Å². The Morgan fingerprint density at radius 3 is 2.54 bits per heavy atom. The Labute approximate surface area is 167 Å². The number of ether oxygens (including phenoxy) is 1. The molecule has 1 heterocycles. The van der Waals surface area contributed by atoms with Crippen LogP contribution in [0.3, 0.4) is 0 Å². The van der Waals surface area contributed by atoms with Crippen LogP contribution in [0, 0.1) is 0 Å². The summed E-state index contributed by atoms with van der Waals surface area (Å²) in [7, 11) is 1.48. The first-order valence-electron chi connectivity index (χ1n) is 8.22. The van der Waals surface area contributed by atoms with E-state index in [1.54, 1.807) is 48.5 Å². The maximum absolute atomic E-state index is 13.6. The van der Waals surface area contributed by atoms with Gasteiger partial charge in [0, 0.05) is 4.47 Å². The normalized spacial score (nSPS) is 19.5. The van der Waals surface area contributed by atoms with Gasteiger partial charge in [0.2, 0.25) is 5.91 Å². The zero-order valence-electron chi connectivity index (χ0n) is 14.7. The molecule has 0 radical (unpaired) electrons. The Bertz CT molecular complexity index is 915. The number of halogens is 4. The van der Waals surface area contributed by atoms with E-state index in [0.29, 0.717) is 21.3 Å². The molecule has 0 saturated carbocycles. The van der Waals surface area contributed by atoms with E-state index < -0.39 is 24.2 Å². The second-order valence-electron chi connectivity index (χ2n) is 6.28. The Hall–Kier alpha value is -2.39. The number of carbonyl (C=O) groups is 1. The van der Waals surface area contributed by atoms with Gasteiger partial charge in [-0.3, -0.25) is 4.79 Å². The molecule has 2 aromatic rings. The maximum atomic E-state index is 13.6. The van der Waals surface area contributed by atoms with Crippen LogP contribution in [0.1, 0.15) is 17.5 Å². The summed E-state index contributed by atoms with van der Waals surface area (Å²) in [6.07, 6.45) is -6.27. The predicted octanol–water partition coefficient (Wildman–Crippen LogP) is 3.89. The van der Waals surface area contributed by atoms with E-state index in [2.05, 4.69) is 21.0 Å². The number of methoxy groups -OCH3 is 1. The van der Waals surface area contributed by atoms with Crippen molar-refractivity contribution in [2.45, 2.75) is 24.7 Å². The zero-order valence-corrected chi connectivity index (χ0v) is 16.3. The number of nitrogens with zero attached hydrogens (tertiary/aromatic N) is 2. The SMILES string of the molecule is COc1ccc(CC(=O)N2N=C(c3cccc(Br)c3)CC2(O)C(F)(F)F)cc1. The van der Waals surface area contributed by atoms with Crippen molar-refractivity contribution < 1.29 is 27.8 Å². The number of rotatable bonds is 4. The molecule has 0 aromatic heterocycles. The molecule has 1 unspecified atom stereocenters. The Balaban J connectivity index is 1.92. The molecule has 2 aromatic carbocycles. The number of hydrogen-bond donors (Lipinski definition) is 1. The summed E-state index contributed by atoms with van der Waals surface area (Å²) in [6, 6.07) is 12.8. The van der Waals surface area contributed by atoms with E-state index in [0.717, 1.165) is 0 Å². The first-order valence-corrected chi connectivity index (χ1v) is 9.02. The van der Waals surface area contributed by atoms with Crippen molar-refractivity contribution >= 4 is 27.5 Å². The Kier molecular flexibility index (Phi) is 5.49. The minimum absolute atomic E-state index is 0.0239. The third-order valence-corrected chi connectivity index (χ3v) is 4.84. The molecule has 1 aliphatic rings. The lowest BCUT2D eigenvalue weighted by Gasteiger charge is -2.32. The lowest BCUT2D eigenvalue weighted by Crippen LogP contribution is -2.57. The van der Waals surface area contributed by atoms with Crippen LogP contribution in [-0.4, -0.2) is 40.7 Å². The van der Waals surface area contributed by atoms with E-state index >= 15 is 0 Å². The monoisotopic (exact) mass is 456 g/mol. The largest absolute Gasteiger partial charge is 0.497 e. The van der Waals surface area contributed by atoms with Gasteiger partial charge in [-0.15, -0.1) is 0 Å². The summed E-state index contributed by atoms with van der Waals surface area (Å²) in [5.41, 5.74) is -2.56. The minimum Gasteiger partial charge on any atom is -0.497 e. The van der Waals surface area contributed by atoms with Crippen LogP contribution < -0.4 is 4.74 Å². The summed E-state index contributed by atoms with van der Waals surface area (Å²) in [6.45, 7) is 0. The molecule has 0 bridgehead atoms. The molecule has 1 N–H and O–H groups in total. The van der Waals surface area contributed by atoms with Crippen molar-refractivity contribution in [2.24, 2.45) is 5.10 Å². The van der Waals surface area contributed by atoms with Gasteiger partial charge in [0.25, 0.3) is 5.72 Å². The van der Waals surface area contributed by atoms with E-state index in [1.807, 2.05) is 0 Å². The smallest absolute Gasteiger partial charge is 0.438 e. The highest BCUT2D eigenvalue weighted by atomic mass is 79.9. The zero-order chi connectivity index (χ0) is 20.5. The number of hydrogen-bond acceptors (Lipinski definition) is 4. The third kappa shape index (κ3) is 3.90. The highest BCUT2D eigenvalue weighted by Crippen LogP contribution is 2.41. The van der Waals surface area contributed by atoms with Crippen molar-refractivity contribution in [1.29, 1.82) is 0 Å². The van der Waals surface area contributed by atoms with E-state index in [9.17, 15) is 23.1 Å². The third-order valence-electron chi connectivity index (χ3n) is 4.35. The van der Waals surface area contributed by atoms with E-state index in [1.165, 1.54) is 7.11 Å². The fourth-order valence-corrected chi connectivity index (χ4v) is 3.25. The highest BCUT2D eigenvalue weighted by molar-refractivity contribution is 9.10. The van der Waals surface area contributed by atoms with Crippen LogP contribution >= 0.6 is 15.9 Å². The summed E-state index contributed by atoms with van der Waals surface area (Å²) in [4.78, 5) is 12.6. The molecule has 1 aliphatic heterocycles. The minimum atomic E-state index is -5.07. The van der Waals surface area contributed by atoms with Gasteiger partial charge in [0.15, 0.2) is 0 Å². The number of amides is 1. The van der Waals surface area contributed by atoms with Gasteiger partial charge in [-0.25, -0.2) is 0 Å². The molecule has 28 heavy (non-hydrogen) atoms. The van der Waals surface area contributed by atoms with Crippen LogP contribution in [0.15, 0.2) is 58.1 Å². The van der Waals surface area contributed by atoms with Crippen molar-refractivity contribution in [3.8, 4) is 5.75 Å². The van der Waals surface area contributed by atoms with Crippen molar-refractivity contribution in [3.05, 3.63) is 64.1 Å². The van der Waals surface area contributed by atoms with Gasteiger partial charge < -0.3 is 9.84 Å². The molecular weight excluding hydrogens is 441 g/mol. The molecular formula is C19H16BrF3N2O3. The highest BCUT2D eigenvalue weighted by Gasteiger charge is 2.63. The first-order chi connectivity index (χ1) is 13.1. The fraction of sp³-hybridized carbons (Fsp3) is 0.263. The number of aliphatic hydroxyl groups is 1. The summed E-state index contributed by atoms with van der Waals surface area (Å²) >= 11 is 3.25. The quantitative estimate of drug-likeness (QED) is 0.758. The standard InChI is InChI=1S/C19H16BrF3N2O3/c1-28-15-7-5-12(6-8-15)9-17(26)25-18(27,19(21,22)23)11-16(24-25)13-3-2-4-14(20)10-13/h2-8,10,27H,9,11H2,1H3. The maximum Gasteiger partial charge on any atom is 0.438 e.